The second-order valence-corrected chi connectivity index (χ2v) is 10.2. The van der Waals surface area contributed by atoms with Crippen molar-refractivity contribution in [2.24, 2.45) is 0 Å². The van der Waals surface area contributed by atoms with Crippen LogP contribution in [0.25, 0.3) is 43.8 Å². The first-order valence-corrected chi connectivity index (χ1v) is 13.6. The molecule has 0 fully saturated rings. The Hall–Kier alpha value is -5.34. The highest BCUT2D eigenvalue weighted by molar-refractivity contribution is 6.05. The summed E-state index contributed by atoms with van der Waals surface area (Å²) in [5.41, 5.74) is 7.97. The molecule has 0 unspecified atom stereocenters. The summed E-state index contributed by atoms with van der Waals surface area (Å²) in [4.78, 5) is 2.31. The number of hydrogen-bond acceptors (Lipinski definition) is 2. The van der Waals surface area contributed by atoms with Crippen LogP contribution in [0.2, 0.25) is 0 Å². The van der Waals surface area contributed by atoms with Gasteiger partial charge in [-0.1, -0.05) is 115 Å². The van der Waals surface area contributed by atoms with Gasteiger partial charge in [-0.15, -0.1) is 0 Å². The summed E-state index contributed by atoms with van der Waals surface area (Å²) < 4.78 is 6.54. The molecule has 0 radical (unpaired) electrons. The molecule has 0 aliphatic carbocycles. The first-order valence-electron chi connectivity index (χ1n) is 13.6. The summed E-state index contributed by atoms with van der Waals surface area (Å²) in [5.74, 6) is 1.70. The predicted octanol–water partition coefficient (Wildman–Crippen LogP) is 10.9. The van der Waals surface area contributed by atoms with Gasteiger partial charge in [0, 0.05) is 5.69 Å². The molecule has 188 valence electrons. The van der Waals surface area contributed by atoms with Gasteiger partial charge in [0.25, 0.3) is 0 Å². The van der Waals surface area contributed by atoms with Crippen molar-refractivity contribution in [1.29, 1.82) is 0 Å². The fraction of sp³-hybridized carbons (Fsp3) is 0. The number of benzene rings is 7. The minimum Gasteiger partial charge on any atom is -0.453 e. The van der Waals surface area contributed by atoms with Gasteiger partial charge in [0.15, 0.2) is 11.5 Å². The van der Waals surface area contributed by atoms with Crippen LogP contribution in [0.4, 0.5) is 17.1 Å². The third-order valence-electron chi connectivity index (χ3n) is 7.84. The molecule has 0 bridgehead atoms. The summed E-state index contributed by atoms with van der Waals surface area (Å²) in [7, 11) is 0. The Balaban J connectivity index is 1.29. The van der Waals surface area contributed by atoms with Gasteiger partial charge in [-0.2, -0.15) is 0 Å². The van der Waals surface area contributed by atoms with Crippen molar-refractivity contribution in [3.05, 3.63) is 152 Å². The van der Waals surface area contributed by atoms with Gasteiger partial charge >= 0.3 is 0 Å². The van der Waals surface area contributed by atoms with Crippen LogP contribution in [0.5, 0.6) is 11.5 Å². The van der Waals surface area contributed by atoms with Crippen LogP contribution >= 0.6 is 0 Å². The molecule has 0 spiro atoms. The van der Waals surface area contributed by atoms with E-state index in [2.05, 4.69) is 144 Å². The molecule has 0 atom stereocenters. The molecule has 7 aromatic carbocycles. The molecular formula is C38H25NO. The molecular weight excluding hydrogens is 486 g/mol. The van der Waals surface area contributed by atoms with Crippen LogP contribution in [0.3, 0.4) is 0 Å². The maximum absolute atomic E-state index is 6.54. The molecule has 0 aromatic heterocycles. The summed E-state index contributed by atoms with van der Waals surface area (Å²) in [6.07, 6.45) is 0. The van der Waals surface area contributed by atoms with Crippen molar-refractivity contribution >= 4 is 38.6 Å². The van der Waals surface area contributed by atoms with Gasteiger partial charge in [0.2, 0.25) is 0 Å². The average molecular weight is 512 g/mol. The van der Waals surface area contributed by atoms with Gasteiger partial charge in [-0.3, -0.25) is 0 Å². The van der Waals surface area contributed by atoms with Gasteiger partial charge < -0.3 is 9.64 Å². The molecule has 0 N–H and O–H groups in total. The molecule has 1 heterocycles. The molecule has 2 nitrogen and oxygen atoms in total. The first-order chi connectivity index (χ1) is 19.8. The van der Waals surface area contributed by atoms with Crippen molar-refractivity contribution in [3.63, 3.8) is 0 Å². The van der Waals surface area contributed by atoms with Crippen LogP contribution in [-0.2, 0) is 0 Å². The summed E-state index contributed by atoms with van der Waals surface area (Å²) in [6, 6.07) is 53.7. The van der Waals surface area contributed by atoms with Crippen LogP contribution < -0.4 is 9.64 Å². The molecule has 40 heavy (non-hydrogen) atoms. The molecule has 0 saturated heterocycles. The Morgan fingerprint density at radius 2 is 1.05 bits per heavy atom. The quantitative estimate of drug-likeness (QED) is 0.234. The van der Waals surface area contributed by atoms with Crippen molar-refractivity contribution in [2.75, 3.05) is 4.90 Å². The molecule has 0 saturated carbocycles. The molecule has 7 aromatic rings. The van der Waals surface area contributed by atoms with Gasteiger partial charge in [-0.05, 0) is 80.2 Å². The maximum Gasteiger partial charge on any atom is 0.152 e. The number of para-hydroxylation sites is 2. The fourth-order valence-corrected chi connectivity index (χ4v) is 5.94. The molecule has 8 rings (SSSR count). The van der Waals surface area contributed by atoms with Crippen molar-refractivity contribution < 1.29 is 4.74 Å². The Morgan fingerprint density at radius 1 is 0.400 bits per heavy atom. The Kier molecular flexibility index (Phi) is 5.17. The lowest BCUT2D eigenvalue weighted by Gasteiger charge is -2.33. The van der Waals surface area contributed by atoms with E-state index in [0.717, 1.165) is 34.1 Å². The predicted molar refractivity (Wildman–Crippen MR) is 167 cm³/mol. The van der Waals surface area contributed by atoms with Crippen LogP contribution in [0.15, 0.2) is 152 Å². The normalized spacial score (nSPS) is 12.2. The number of rotatable bonds is 3. The highest BCUT2D eigenvalue weighted by Gasteiger charge is 2.26. The SMILES string of the molecule is c1ccc(-c2ccc(-c3ccc4c(c3)Oc3ccccc3N4c3ccc4ccccc4c3)c3ccccc23)cc1. The van der Waals surface area contributed by atoms with E-state index in [1.807, 2.05) is 12.1 Å². The lowest BCUT2D eigenvalue weighted by atomic mass is 9.92. The van der Waals surface area contributed by atoms with E-state index >= 15 is 0 Å². The van der Waals surface area contributed by atoms with E-state index < -0.39 is 0 Å². The molecule has 2 heteroatoms. The standard InChI is InChI=1S/C38H25NO/c1-2-11-27(12-3-1)31-21-22-32(34-15-7-6-14-33(31)34)29-19-23-36-38(25-29)40-37-17-9-8-16-35(37)39(36)30-20-18-26-10-4-5-13-28(26)24-30/h1-25H. The van der Waals surface area contributed by atoms with E-state index in [1.165, 1.54) is 38.2 Å². The van der Waals surface area contributed by atoms with Crippen molar-refractivity contribution in [2.45, 2.75) is 0 Å². The lowest BCUT2D eigenvalue weighted by molar-refractivity contribution is 0.477. The number of fused-ring (bicyclic) bond motifs is 4. The van der Waals surface area contributed by atoms with E-state index in [9.17, 15) is 0 Å². The number of anilines is 3. The number of nitrogens with zero attached hydrogens (tertiary/aromatic N) is 1. The largest absolute Gasteiger partial charge is 0.453 e. The average Bonchev–Trinajstić information content (AvgIpc) is 3.03. The number of hydrogen-bond donors (Lipinski definition) is 0. The Bertz CT molecular complexity index is 2040. The third-order valence-corrected chi connectivity index (χ3v) is 7.84. The summed E-state index contributed by atoms with van der Waals surface area (Å²) in [6.45, 7) is 0. The van der Waals surface area contributed by atoms with Crippen molar-refractivity contribution in [1.82, 2.24) is 0 Å². The van der Waals surface area contributed by atoms with E-state index in [0.29, 0.717) is 0 Å². The van der Waals surface area contributed by atoms with Crippen molar-refractivity contribution in [3.8, 4) is 33.8 Å². The number of ether oxygens (including phenoxy) is 1. The highest BCUT2D eigenvalue weighted by atomic mass is 16.5. The zero-order valence-corrected chi connectivity index (χ0v) is 21.8. The first kappa shape index (κ1) is 22.6. The van der Waals surface area contributed by atoms with Gasteiger partial charge in [0.05, 0.1) is 11.4 Å². The second-order valence-electron chi connectivity index (χ2n) is 10.2. The molecule has 1 aliphatic heterocycles. The zero-order chi connectivity index (χ0) is 26.5. The highest BCUT2D eigenvalue weighted by Crippen LogP contribution is 2.51. The molecule has 0 amide bonds. The van der Waals surface area contributed by atoms with E-state index in [1.54, 1.807) is 0 Å². The summed E-state index contributed by atoms with van der Waals surface area (Å²) >= 11 is 0. The van der Waals surface area contributed by atoms with E-state index in [-0.39, 0.29) is 0 Å². The molecule has 1 aliphatic rings. The lowest BCUT2D eigenvalue weighted by Crippen LogP contribution is -2.15. The zero-order valence-electron chi connectivity index (χ0n) is 21.8. The van der Waals surface area contributed by atoms with Crippen LogP contribution in [-0.4, -0.2) is 0 Å². The van der Waals surface area contributed by atoms with Gasteiger partial charge in [-0.25, -0.2) is 0 Å². The monoisotopic (exact) mass is 511 g/mol. The van der Waals surface area contributed by atoms with Crippen LogP contribution in [0, 0.1) is 0 Å². The Labute approximate surface area is 233 Å². The Morgan fingerprint density at radius 3 is 1.88 bits per heavy atom. The van der Waals surface area contributed by atoms with Crippen LogP contribution in [0.1, 0.15) is 0 Å². The summed E-state index contributed by atoms with van der Waals surface area (Å²) in [5, 5.41) is 4.92. The second kappa shape index (κ2) is 9.14. The minimum absolute atomic E-state index is 0.848. The smallest absolute Gasteiger partial charge is 0.152 e. The third kappa shape index (κ3) is 3.65. The fourth-order valence-electron chi connectivity index (χ4n) is 5.94. The minimum atomic E-state index is 0.848. The maximum atomic E-state index is 6.54. The van der Waals surface area contributed by atoms with E-state index in [4.69, 9.17) is 4.74 Å². The topological polar surface area (TPSA) is 12.5 Å². The van der Waals surface area contributed by atoms with Gasteiger partial charge in [0.1, 0.15) is 0 Å².